The number of halogens is 2. The molecule has 0 saturated carbocycles. The summed E-state index contributed by atoms with van der Waals surface area (Å²) in [5, 5.41) is 1.08. The van der Waals surface area contributed by atoms with E-state index in [9.17, 15) is 4.79 Å². The van der Waals surface area contributed by atoms with Crippen molar-refractivity contribution < 1.29 is 9.53 Å². The molecule has 0 aliphatic rings. The van der Waals surface area contributed by atoms with Crippen molar-refractivity contribution in [2.45, 2.75) is 25.8 Å². The minimum atomic E-state index is -0.258. The zero-order valence-corrected chi connectivity index (χ0v) is 14.4. The highest BCUT2D eigenvalue weighted by Gasteiger charge is 2.20. The molecule has 1 atom stereocenters. The van der Waals surface area contributed by atoms with E-state index in [1.807, 2.05) is 36.4 Å². The number of nitrogens with two attached hydrogens (primary N) is 1. The van der Waals surface area contributed by atoms with Crippen LogP contribution in [0.3, 0.4) is 0 Å². The molecule has 0 aromatic heterocycles. The molecule has 0 radical (unpaired) electrons. The Labute approximate surface area is 146 Å². The SMILES string of the molecule is CCOC(=O)CC(c1cc(Cl)cc(Cl)c1)c1cccc(CN)c1. The van der Waals surface area contributed by atoms with Crippen molar-refractivity contribution in [1.82, 2.24) is 0 Å². The highest BCUT2D eigenvalue weighted by Crippen LogP contribution is 2.32. The first kappa shape index (κ1) is 17.8. The van der Waals surface area contributed by atoms with Crippen molar-refractivity contribution in [3.8, 4) is 0 Å². The van der Waals surface area contributed by atoms with Crippen LogP contribution < -0.4 is 5.73 Å². The quantitative estimate of drug-likeness (QED) is 0.777. The first-order valence-corrected chi connectivity index (χ1v) is 8.19. The molecule has 0 saturated heterocycles. The van der Waals surface area contributed by atoms with E-state index < -0.39 is 0 Å². The summed E-state index contributed by atoms with van der Waals surface area (Å²) < 4.78 is 5.10. The molecule has 2 rings (SSSR count). The second-order valence-corrected chi connectivity index (χ2v) is 6.09. The summed E-state index contributed by atoms with van der Waals surface area (Å²) in [6.07, 6.45) is 0.221. The normalized spacial score (nSPS) is 12.0. The van der Waals surface area contributed by atoms with Gasteiger partial charge in [0.1, 0.15) is 0 Å². The van der Waals surface area contributed by atoms with Crippen LogP contribution in [0.15, 0.2) is 42.5 Å². The molecule has 3 nitrogen and oxygen atoms in total. The predicted octanol–water partition coefficient (Wildman–Crippen LogP) is 4.54. The number of esters is 1. The van der Waals surface area contributed by atoms with Crippen molar-refractivity contribution in [2.24, 2.45) is 5.73 Å². The van der Waals surface area contributed by atoms with Gasteiger partial charge in [-0.25, -0.2) is 0 Å². The van der Waals surface area contributed by atoms with Crippen molar-refractivity contribution in [2.75, 3.05) is 6.61 Å². The predicted molar refractivity (Wildman–Crippen MR) is 93.9 cm³/mol. The maximum Gasteiger partial charge on any atom is 0.306 e. The van der Waals surface area contributed by atoms with E-state index in [4.69, 9.17) is 33.7 Å². The molecule has 23 heavy (non-hydrogen) atoms. The van der Waals surface area contributed by atoms with Gasteiger partial charge in [0.25, 0.3) is 0 Å². The van der Waals surface area contributed by atoms with E-state index in [-0.39, 0.29) is 18.3 Å². The van der Waals surface area contributed by atoms with Crippen LogP contribution in [0, 0.1) is 0 Å². The summed E-state index contributed by atoms with van der Waals surface area (Å²) in [7, 11) is 0. The second-order valence-electron chi connectivity index (χ2n) is 5.21. The lowest BCUT2D eigenvalue weighted by Gasteiger charge is -2.19. The topological polar surface area (TPSA) is 52.3 Å². The number of carbonyl (C=O) groups is 1. The van der Waals surface area contributed by atoms with Crippen molar-refractivity contribution >= 4 is 29.2 Å². The van der Waals surface area contributed by atoms with Crippen LogP contribution in [-0.4, -0.2) is 12.6 Å². The first-order chi connectivity index (χ1) is 11.0. The third kappa shape index (κ3) is 4.96. The van der Waals surface area contributed by atoms with Gasteiger partial charge in [0.05, 0.1) is 13.0 Å². The smallest absolute Gasteiger partial charge is 0.306 e. The van der Waals surface area contributed by atoms with Gasteiger partial charge in [-0.1, -0.05) is 47.5 Å². The average Bonchev–Trinajstić information content (AvgIpc) is 2.52. The van der Waals surface area contributed by atoms with Crippen LogP contribution in [0.1, 0.15) is 36.0 Å². The summed E-state index contributed by atoms with van der Waals surface area (Å²) in [5.41, 5.74) is 8.59. The molecule has 2 N–H and O–H groups in total. The van der Waals surface area contributed by atoms with Crippen LogP contribution in [0.4, 0.5) is 0 Å². The molecule has 0 fully saturated rings. The Balaban J connectivity index is 2.43. The minimum absolute atomic E-state index is 0.184. The number of rotatable bonds is 6. The molecular weight excluding hydrogens is 333 g/mol. The molecule has 2 aromatic rings. The second kappa shape index (κ2) is 8.34. The molecule has 122 valence electrons. The average molecular weight is 352 g/mol. The molecular formula is C18H19Cl2NO2. The lowest BCUT2D eigenvalue weighted by atomic mass is 9.87. The molecule has 0 aliphatic heterocycles. The molecule has 5 heteroatoms. The van der Waals surface area contributed by atoms with Gasteiger partial charge in [-0.05, 0) is 41.8 Å². The van der Waals surface area contributed by atoms with Crippen LogP contribution in [-0.2, 0) is 16.1 Å². The van der Waals surface area contributed by atoms with E-state index in [0.29, 0.717) is 23.2 Å². The molecule has 0 heterocycles. The summed E-state index contributed by atoms with van der Waals surface area (Å²) in [5.74, 6) is -0.441. The van der Waals surface area contributed by atoms with E-state index >= 15 is 0 Å². The standard InChI is InChI=1S/C18H19Cl2NO2/c1-2-23-18(22)10-17(13-5-3-4-12(6-13)11-21)14-7-15(19)9-16(20)8-14/h3-9,17H,2,10-11,21H2,1H3. The van der Waals surface area contributed by atoms with Gasteiger partial charge in [-0.15, -0.1) is 0 Å². The van der Waals surface area contributed by atoms with Crippen molar-refractivity contribution in [1.29, 1.82) is 0 Å². The minimum Gasteiger partial charge on any atom is -0.466 e. The van der Waals surface area contributed by atoms with Gasteiger partial charge in [0.15, 0.2) is 0 Å². The number of ether oxygens (including phenoxy) is 1. The zero-order valence-electron chi connectivity index (χ0n) is 12.9. The Morgan fingerprint density at radius 1 is 1.13 bits per heavy atom. The molecule has 1 unspecified atom stereocenters. The summed E-state index contributed by atoms with van der Waals surface area (Å²) in [4.78, 5) is 12.0. The third-order valence-corrected chi connectivity index (χ3v) is 3.99. The lowest BCUT2D eigenvalue weighted by molar-refractivity contribution is -0.143. The van der Waals surface area contributed by atoms with Gasteiger partial charge >= 0.3 is 5.97 Å². The maximum atomic E-state index is 12.0. The lowest BCUT2D eigenvalue weighted by Crippen LogP contribution is -2.12. The fraction of sp³-hybridized carbons (Fsp3) is 0.278. The van der Waals surface area contributed by atoms with Gasteiger partial charge in [0, 0.05) is 22.5 Å². The zero-order chi connectivity index (χ0) is 16.8. The largest absolute Gasteiger partial charge is 0.466 e. The Hall–Kier alpha value is -1.55. The monoisotopic (exact) mass is 351 g/mol. The Morgan fingerprint density at radius 2 is 1.83 bits per heavy atom. The number of hydrogen-bond acceptors (Lipinski definition) is 3. The highest BCUT2D eigenvalue weighted by molar-refractivity contribution is 6.34. The van der Waals surface area contributed by atoms with E-state index in [0.717, 1.165) is 16.7 Å². The van der Waals surface area contributed by atoms with Gasteiger partial charge in [0.2, 0.25) is 0 Å². The van der Waals surface area contributed by atoms with E-state index in [2.05, 4.69) is 0 Å². The third-order valence-electron chi connectivity index (χ3n) is 3.55. The number of hydrogen-bond donors (Lipinski definition) is 1. The fourth-order valence-electron chi connectivity index (χ4n) is 2.53. The molecule has 0 bridgehead atoms. The first-order valence-electron chi connectivity index (χ1n) is 7.44. The van der Waals surface area contributed by atoms with Gasteiger partial charge < -0.3 is 10.5 Å². The highest BCUT2D eigenvalue weighted by atomic mass is 35.5. The number of carbonyl (C=O) groups excluding carboxylic acids is 1. The van der Waals surface area contributed by atoms with Gasteiger partial charge in [-0.2, -0.15) is 0 Å². The van der Waals surface area contributed by atoms with Crippen LogP contribution in [0.5, 0.6) is 0 Å². The maximum absolute atomic E-state index is 12.0. The fourth-order valence-corrected chi connectivity index (χ4v) is 3.07. The molecule has 2 aromatic carbocycles. The van der Waals surface area contributed by atoms with Crippen LogP contribution in [0.25, 0.3) is 0 Å². The molecule has 0 spiro atoms. The van der Waals surface area contributed by atoms with Crippen molar-refractivity contribution in [3.05, 3.63) is 69.2 Å². The van der Waals surface area contributed by atoms with Crippen LogP contribution in [0.2, 0.25) is 10.0 Å². The Bertz CT molecular complexity index is 668. The van der Waals surface area contributed by atoms with Crippen LogP contribution >= 0.6 is 23.2 Å². The molecule has 0 amide bonds. The summed E-state index contributed by atoms with van der Waals surface area (Å²) >= 11 is 12.2. The van der Waals surface area contributed by atoms with Gasteiger partial charge in [-0.3, -0.25) is 4.79 Å². The summed E-state index contributed by atoms with van der Waals surface area (Å²) in [6.45, 7) is 2.58. The molecule has 0 aliphatic carbocycles. The van der Waals surface area contributed by atoms with Crippen molar-refractivity contribution in [3.63, 3.8) is 0 Å². The Morgan fingerprint density at radius 3 is 2.43 bits per heavy atom. The van der Waals surface area contributed by atoms with E-state index in [1.54, 1.807) is 13.0 Å². The van der Waals surface area contributed by atoms with E-state index in [1.165, 1.54) is 0 Å². The Kier molecular flexibility index (Phi) is 6.46. The summed E-state index contributed by atoms with van der Waals surface area (Å²) in [6, 6.07) is 13.2. The number of benzene rings is 2.